The van der Waals surface area contributed by atoms with Crippen LogP contribution < -0.4 is 5.32 Å². The summed E-state index contributed by atoms with van der Waals surface area (Å²) in [4.78, 5) is 7.10. The van der Waals surface area contributed by atoms with Crippen molar-refractivity contribution >= 4 is 17.1 Å². The molecule has 2 aromatic carbocycles. The van der Waals surface area contributed by atoms with E-state index in [0.29, 0.717) is 0 Å². The summed E-state index contributed by atoms with van der Waals surface area (Å²) in [5.41, 5.74) is 7.29. The maximum absolute atomic E-state index is 4.67. The third kappa shape index (κ3) is 2.96. The smallest absolute Gasteiger partial charge is 0.0804 e. The third-order valence-corrected chi connectivity index (χ3v) is 5.36. The average molecular weight is 319 g/mol. The van der Waals surface area contributed by atoms with Gasteiger partial charge in [-0.05, 0) is 69.1 Å². The van der Waals surface area contributed by atoms with E-state index in [2.05, 4.69) is 64.7 Å². The van der Waals surface area contributed by atoms with Crippen molar-refractivity contribution in [2.75, 3.05) is 32.5 Å². The summed E-state index contributed by atoms with van der Waals surface area (Å²) in [6.45, 7) is 2.48. The van der Waals surface area contributed by atoms with E-state index in [1.807, 2.05) is 7.05 Å². The predicted molar refractivity (Wildman–Crippen MR) is 102 cm³/mol. The maximum Gasteiger partial charge on any atom is 0.0804 e. The van der Waals surface area contributed by atoms with E-state index < -0.39 is 0 Å². The van der Waals surface area contributed by atoms with Crippen LogP contribution in [0, 0.1) is 5.92 Å². The van der Waals surface area contributed by atoms with Gasteiger partial charge in [0.25, 0.3) is 0 Å². The molecule has 2 aromatic rings. The number of fused-ring (bicyclic) bond motifs is 1. The fourth-order valence-electron chi connectivity index (χ4n) is 3.72. The Kier molecular flexibility index (Phi) is 4.11. The molecular weight excluding hydrogens is 294 g/mol. The number of hydrogen-bond acceptors (Lipinski definition) is 3. The summed E-state index contributed by atoms with van der Waals surface area (Å²) in [7, 11) is 4.18. The lowest BCUT2D eigenvalue weighted by atomic mass is 9.89. The first-order valence-electron chi connectivity index (χ1n) is 8.91. The van der Waals surface area contributed by atoms with E-state index in [1.165, 1.54) is 49.0 Å². The van der Waals surface area contributed by atoms with E-state index in [9.17, 15) is 0 Å². The molecule has 1 fully saturated rings. The Morgan fingerprint density at radius 3 is 2.54 bits per heavy atom. The van der Waals surface area contributed by atoms with Gasteiger partial charge in [0.1, 0.15) is 0 Å². The second kappa shape index (κ2) is 6.40. The van der Waals surface area contributed by atoms with Crippen molar-refractivity contribution in [2.24, 2.45) is 10.9 Å². The Balaban J connectivity index is 1.45. The minimum Gasteiger partial charge on any atom is -0.388 e. The molecule has 2 aliphatic rings. The first kappa shape index (κ1) is 15.4. The first-order chi connectivity index (χ1) is 11.7. The topological polar surface area (TPSA) is 27.6 Å². The van der Waals surface area contributed by atoms with Crippen LogP contribution in [0.1, 0.15) is 29.5 Å². The second-order valence-corrected chi connectivity index (χ2v) is 7.09. The summed E-state index contributed by atoms with van der Waals surface area (Å²) in [5.74, 6) is 0.840. The molecule has 24 heavy (non-hydrogen) atoms. The van der Waals surface area contributed by atoms with Crippen LogP contribution in [0.5, 0.6) is 0 Å². The van der Waals surface area contributed by atoms with Gasteiger partial charge < -0.3 is 10.2 Å². The van der Waals surface area contributed by atoms with Gasteiger partial charge in [-0.25, -0.2) is 4.99 Å². The highest BCUT2D eigenvalue weighted by Gasteiger charge is 2.21. The summed E-state index contributed by atoms with van der Waals surface area (Å²) >= 11 is 0. The van der Waals surface area contributed by atoms with Crippen molar-refractivity contribution in [3.05, 3.63) is 59.2 Å². The Morgan fingerprint density at radius 1 is 1.08 bits per heavy atom. The molecule has 0 amide bonds. The normalized spacial score (nSPS) is 17.8. The summed E-state index contributed by atoms with van der Waals surface area (Å²) < 4.78 is 0. The molecule has 0 saturated carbocycles. The number of rotatable bonds is 4. The zero-order valence-corrected chi connectivity index (χ0v) is 14.5. The number of benzene rings is 2. The average Bonchev–Trinajstić information content (AvgIpc) is 2.59. The molecular formula is C21H25N3. The van der Waals surface area contributed by atoms with Gasteiger partial charge in [0.2, 0.25) is 0 Å². The van der Waals surface area contributed by atoms with Crippen LogP contribution in [0.3, 0.4) is 0 Å². The van der Waals surface area contributed by atoms with Crippen LogP contribution in [0.25, 0.3) is 0 Å². The number of likely N-dealkylation sites (tertiary alicyclic amines) is 1. The molecule has 0 aromatic heterocycles. The van der Waals surface area contributed by atoms with Gasteiger partial charge in [0, 0.05) is 23.9 Å². The summed E-state index contributed by atoms with van der Waals surface area (Å²) in [6, 6.07) is 15.4. The van der Waals surface area contributed by atoms with E-state index in [1.54, 1.807) is 0 Å². The lowest BCUT2D eigenvalue weighted by molar-refractivity contribution is 0.219. The predicted octanol–water partition coefficient (Wildman–Crippen LogP) is 4.10. The molecule has 0 unspecified atom stereocenters. The number of aliphatic imine (C=N–C) groups is 1. The van der Waals surface area contributed by atoms with Crippen molar-refractivity contribution in [3.8, 4) is 0 Å². The number of anilines is 1. The van der Waals surface area contributed by atoms with Gasteiger partial charge in [-0.3, -0.25) is 0 Å². The largest absolute Gasteiger partial charge is 0.388 e. The molecule has 1 saturated heterocycles. The number of nitrogens with one attached hydrogen (secondary N) is 1. The van der Waals surface area contributed by atoms with Crippen molar-refractivity contribution in [2.45, 2.75) is 19.3 Å². The van der Waals surface area contributed by atoms with Crippen LogP contribution in [0.4, 0.5) is 11.4 Å². The molecule has 124 valence electrons. The molecule has 0 spiro atoms. The zero-order valence-electron chi connectivity index (χ0n) is 14.5. The summed E-state index contributed by atoms with van der Waals surface area (Å²) in [5, 5.41) is 3.20. The monoisotopic (exact) mass is 319 g/mol. The van der Waals surface area contributed by atoms with E-state index in [-0.39, 0.29) is 0 Å². The Hall–Kier alpha value is -2.13. The van der Waals surface area contributed by atoms with Crippen LogP contribution in [-0.4, -0.2) is 37.8 Å². The highest BCUT2D eigenvalue weighted by atomic mass is 15.1. The van der Waals surface area contributed by atoms with E-state index in [4.69, 9.17) is 0 Å². The minimum absolute atomic E-state index is 0.840. The quantitative estimate of drug-likeness (QED) is 0.784. The van der Waals surface area contributed by atoms with Gasteiger partial charge >= 0.3 is 0 Å². The lowest BCUT2D eigenvalue weighted by Gasteiger charge is -2.29. The lowest BCUT2D eigenvalue weighted by Crippen LogP contribution is -2.30. The van der Waals surface area contributed by atoms with Gasteiger partial charge in [-0.15, -0.1) is 0 Å². The fraction of sp³-hybridized carbons (Fsp3) is 0.381. The summed E-state index contributed by atoms with van der Waals surface area (Å²) in [6.07, 6.45) is 3.86. The van der Waals surface area contributed by atoms with Gasteiger partial charge in [0.05, 0.1) is 11.4 Å². The molecule has 0 radical (unpaired) electrons. The molecule has 1 N–H and O–H groups in total. The Morgan fingerprint density at radius 2 is 1.83 bits per heavy atom. The van der Waals surface area contributed by atoms with Crippen LogP contribution in [0.15, 0.2) is 47.5 Å². The minimum atomic E-state index is 0.840. The number of piperidine rings is 1. The SMILES string of the molecule is CNc1ccc2c(c1)C(c1ccc(CC3CCN(C)CC3)cc1)=N2. The molecule has 3 heteroatoms. The van der Waals surface area contributed by atoms with Crippen LogP contribution >= 0.6 is 0 Å². The molecule has 2 heterocycles. The van der Waals surface area contributed by atoms with Crippen molar-refractivity contribution in [3.63, 3.8) is 0 Å². The first-order valence-corrected chi connectivity index (χ1v) is 8.91. The van der Waals surface area contributed by atoms with E-state index >= 15 is 0 Å². The highest BCUT2D eigenvalue weighted by molar-refractivity contribution is 6.22. The highest BCUT2D eigenvalue weighted by Crippen LogP contribution is 2.35. The van der Waals surface area contributed by atoms with E-state index in [0.717, 1.165) is 23.0 Å². The standard InChI is InChI=1S/C21H25N3/c1-22-18-7-8-20-19(14-18)21(23-20)17-5-3-15(4-6-17)13-16-9-11-24(2)12-10-16/h3-8,14,16,22H,9-13H2,1-2H3. The molecule has 3 nitrogen and oxygen atoms in total. The van der Waals surface area contributed by atoms with Crippen molar-refractivity contribution in [1.82, 2.24) is 4.90 Å². The zero-order chi connectivity index (χ0) is 16.5. The van der Waals surface area contributed by atoms with Crippen molar-refractivity contribution in [1.29, 1.82) is 0 Å². The second-order valence-electron chi connectivity index (χ2n) is 7.09. The van der Waals surface area contributed by atoms with Gasteiger partial charge in [-0.1, -0.05) is 24.3 Å². The Bertz CT molecular complexity index is 753. The van der Waals surface area contributed by atoms with Crippen LogP contribution in [0.2, 0.25) is 0 Å². The molecule has 4 rings (SSSR count). The molecule has 0 aliphatic carbocycles. The number of nitrogens with zero attached hydrogens (tertiary/aromatic N) is 2. The van der Waals surface area contributed by atoms with Gasteiger partial charge in [-0.2, -0.15) is 0 Å². The van der Waals surface area contributed by atoms with Crippen molar-refractivity contribution < 1.29 is 0 Å². The number of hydrogen-bond donors (Lipinski definition) is 1. The molecule has 2 aliphatic heterocycles. The third-order valence-electron chi connectivity index (χ3n) is 5.36. The van der Waals surface area contributed by atoms with Crippen LogP contribution in [-0.2, 0) is 6.42 Å². The molecule has 0 atom stereocenters. The fourth-order valence-corrected chi connectivity index (χ4v) is 3.72. The Labute approximate surface area is 144 Å². The maximum atomic E-state index is 4.67. The molecule has 0 bridgehead atoms. The van der Waals surface area contributed by atoms with Gasteiger partial charge in [0.15, 0.2) is 0 Å².